The normalized spacial score (nSPS) is 9.80. The van der Waals surface area contributed by atoms with Crippen LogP contribution in [0.2, 0.25) is 0 Å². The van der Waals surface area contributed by atoms with Crippen LogP contribution in [0.5, 0.6) is 5.75 Å². The summed E-state index contributed by atoms with van der Waals surface area (Å²) in [4.78, 5) is 12.0. The molecule has 0 saturated carbocycles. The third-order valence-corrected chi connectivity index (χ3v) is 2.92. The minimum Gasteiger partial charge on any atom is -0.423 e. The van der Waals surface area contributed by atoms with Gasteiger partial charge in [0.1, 0.15) is 5.75 Å². The number of hydrogen-bond donors (Lipinski definition) is 0. The van der Waals surface area contributed by atoms with Gasteiger partial charge in [0, 0.05) is 0 Å². The van der Waals surface area contributed by atoms with Crippen molar-refractivity contribution in [2.45, 2.75) is 19.8 Å². The Bertz CT molecular complexity index is 622. The van der Waals surface area contributed by atoms with Crippen LogP contribution in [0.15, 0.2) is 48.5 Å². The number of hydrogen-bond acceptors (Lipinski definition) is 3. The largest absolute Gasteiger partial charge is 0.423 e. The molecule has 0 bridgehead atoms. The highest BCUT2D eigenvalue weighted by atomic mass is 16.5. The predicted octanol–water partition coefficient (Wildman–Crippen LogP) is 3.73. The van der Waals surface area contributed by atoms with Crippen LogP contribution in [0, 0.1) is 11.3 Å². The topological polar surface area (TPSA) is 50.1 Å². The molecule has 0 aromatic heterocycles. The number of carbonyl (C=O) groups excluding carboxylic acids is 1. The van der Waals surface area contributed by atoms with E-state index in [9.17, 15) is 4.79 Å². The first kappa shape index (κ1) is 13.8. The lowest BCUT2D eigenvalue weighted by Gasteiger charge is -2.05. The van der Waals surface area contributed by atoms with Crippen LogP contribution in [-0.4, -0.2) is 5.97 Å². The number of rotatable bonds is 4. The summed E-state index contributed by atoms with van der Waals surface area (Å²) >= 11 is 0. The average Bonchev–Trinajstić information content (AvgIpc) is 2.49. The number of esters is 1. The highest BCUT2D eigenvalue weighted by Gasteiger charge is 2.08. The first-order valence-electron chi connectivity index (χ1n) is 6.54. The van der Waals surface area contributed by atoms with Gasteiger partial charge in [-0.15, -0.1) is 0 Å². The molecule has 0 aliphatic rings. The molecule has 0 unspecified atom stereocenters. The Hall–Kier alpha value is -2.60. The van der Waals surface area contributed by atoms with Gasteiger partial charge in [-0.3, -0.25) is 0 Å². The first-order chi connectivity index (χ1) is 9.72. The van der Waals surface area contributed by atoms with Gasteiger partial charge in [-0.25, -0.2) is 4.79 Å². The Balaban J connectivity index is 2.05. The zero-order chi connectivity index (χ0) is 14.4. The fourth-order valence-corrected chi connectivity index (χ4v) is 1.86. The molecule has 0 radical (unpaired) electrons. The fraction of sp³-hybridized carbons (Fsp3) is 0.176. The van der Waals surface area contributed by atoms with Crippen LogP contribution in [0.4, 0.5) is 0 Å². The Labute approximate surface area is 118 Å². The van der Waals surface area contributed by atoms with Crippen molar-refractivity contribution >= 4 is 5.97 Å². The smallest absolute Gasteiger partial charge is 0.343 e. The van der Waals surface area contributed by atoms with E-state index in [2.05, 4.69) is 6.92 Å². The van der Waals surface area contributed by atoms with E-state index in [1.165, 1.54) is 5.56 Å². The van der Waals surface area contributed by atoms with E-state index in [-0.39, 0.29) is 0 Å². The number of aryl methyl sites for hydroxylation is 1. The highest BCUT2D eigenvalue weighted by Crippen LogP contribution is 2.14. The van der Waals surface area contributed by atoms with Gasteiger partial charge >= 0.3 is 5.97 Å². The molecule has 20 heavy (non-hydrogen) atoms. The number of nitriles is 1. The van der Waals surface area contributed by atoms with Crippen molar-refractivity contribution in [2.75, 3.05) is 0 Å². The average molecular weight is 265 g/mol. The van der Waals surface area contributed by atoms with Gasteiger partial charge in [0.2, 0.25) is 0 Å². The zero-order valence-corrected chi connectivity index (χ0v) is 11.3. The van der Waals surface area contributed by atoms with Crippen molar-refractivity contribution in [3.8, 4) is 11.8 Å². The van der Waals surface area contributed by atoms with Crippen molar-refractivity contribution in [3.63, 3.8) is 0 Å². The Morgan fingerprint density at radius 2 is 1.75 bits per heavy atom. The van der Waals surface area contributed by atoms with Gasteiger partial charge in [-0.1, -0.05) is 25.5 Å². The molecule has 2 rings (SSSR count). The second kappa shape index (κ2) is 6.53. The molecular formula is C17H15NO2. The Morgan fingerprint density at radius 1 is 1.10 bits per heavy atom. The molecule has 0 fully saturated rings. The molecule has 3 nitrogen and oxygen atoms in total. The Morgan fingerprint density at radius 3 is 2.30 bits per heavy atom. The van der Waals surface area contributed by atoms with Gasteiger partial charge in [-0.2, -0.15) is 5.26 Å². The summed E-state index contributed by atoms with van der Waals surface area (Å²) in [6, 6.07) is 15.9. The molecule has 2 aromatic carbocycles. The summed E-state index contributed by atoms with van der Waals surface area (Å²) in [5.41, 5.74) is 2.27. The van der Waals surface area contributed by atoms with E-state index < -0.39 is 5.97 Å². The highest BCUT2D eigenvalue weighted by molar-refractivity contribution is 5.91. The summed E-state index contributed by atoms with van der Waals surface area (Å²) in [7, 11) is 0. The maximum absolute atomic E-state index is 12.0. The van der Waals surface area contributed by atoms with Gasteiger partial charge in [0.05, 0.1) is 17.2 Å². The lowest BCUT2D eigenvalue weighted by atomic mass is 10.1. The Kier molecular flexibility index (Phi) is 4.52. The second-order valence-corrected chi connectivity index (χ2v) is 4.47. The van der Waals surface area contributed by atoms with Crippen LogP contribution in [0.25, 0.3) is 0 Å². The number of nitrogens with zero attached hydrogens (tertiary/aromatic N) is 1. The molecule has 0 amide bonds. The molecule has 0 aliphatic carbocycles. The quantitative estimate of drug-likeness (QED) is 0.625. The number of ether oxygens (including phenoxy) is 1. The summed E-state index contributed by atoms with van der Waals surface area (Å²) in [6.07, 6.45) is 2.08. The maximum atomic E-state index is 12.0. The third kappa shape index (κ3) is 3.46. The summed E-state index contributed by atoms with van der Waals surface area (Å²) in [5.74, 6) is 0.0457. The number of carbonyl (C=O) groups is 1. The van der Waals surface area contributed by atoms with Crippen molar-refractivity contribution < 1.29 is 9.53 Å². The molecule has 0 atom stereocenters. The minimum atomic E-state index is -0.391. The minimum absolute atomic E-state index is 0.391. The van der Waals surface area contributed by atoms with Crippen molar-refractivity contribution in [1.29, 1.82) is 5.26 Å². The number of benzene rings is 2. The SMILES string of the molecule is CCCc1ccc(C(=O)Oc2ccc(C#N)cc2)cc1. The van der Waals surface area contributed by atoms with Crippen LogP contribution >= 0.6 is 0 Å². The van der Waals surface area contributed by atoms with Crippen molar-refractivity contribution in [2.24, 2.45) is 0 Å². The van der Waals surface area contributed by atoms with Crippen molar-refractivity contribution in [3.05, 3.63) is 65.2 Å². The van der Waals surface area contributed by atoms with E-state index in [1.807, 2.05) is 18.2 Å². The van der Waals surface area contributed by atoms with Gasteiger partial charge in [0.25, 0.3) is 0 Å². The van der Waals surface area contributed by atoms with Crippen LogP contribution in [-0.2, 0) is 6.42 Å². The van der Waals surface area contributed by atoms with Gasteiger partial charge < -0.3 is 4.74 Å². The monoisotopic (exact) mass is 265 g/mol. The van der Waals surface area contributed by atoms with Crippen LogP contribution in [0.1, 0.15) is 34.8 Å². The second-order valence-electron chi connectivity index (χ2n) is 4.47. The lowest BCUT2D eigenvalue weighted by molar-refractivity contribution is 0.0735. The zero-order valence-electron chi connectivity index (χ0n) is 11.3. The molecule has 3 heteroatoms. The van der Waals surface area contributed by atoms with Crippen LogP contribution < -0.4 is 4.74 Å². The van der Waals surface area contributed by atoms with E-state index in [0.717, 1.165) is 12.8 Å². The lowest BCUT2D eigenvalue weighted by Crippen LogP contribution is -2.08. The summed E-state index contributed by atoms with van der Waals surface area (Å²) < 4.78 is 5.25. The van der Waals surface area contributed by atoms with E-state index >= 15 is 0 Å². The van der Waals surface area contributed by atoms with E-state index in [0.29, 0.717) is 16.9 Å². The molecular weight excluding hydrogens is 250 g/mol. The molecule has 0 saturated heterocycles. The maximum Gasteiger partial charge on any atom is 0.343 e. The third-order valence-electron chi connectivity index (χ3n) is 2.92. The van der Waals surface area contributed by atoms with Gasteiger partial charge in [0.15, 0.2) is 0 Å². The first-order valence-corrected chi connectivity index (χ1v) is 6.54. The summed E-state index contributed by atoms with van der Waals surface area (Å²) in [6.45, 7) is 2.12. The van der Waals surface area contributed by atoms with Crippen LogP contribution in [0.3, 0.4) is 0 Å². The predicted molar refractivity (Wildman–Crippen MR) is 76.6 cm³/mol. The molecule has 2 aromatic rings. The molecule has 0 heterocycles. The van der Waals surface area contributed by atoms with E-state index in [4.69, 9.17) is 10.00 Å². The standard InChI is InChI=1S/C17H15NO2/c1-2-3-13-4-8-15(9-5-13)17(19)20-16-10-6-14(12-18)7-11-16/h4-11H,2-3H2,1H3. The van der Waals surface area contributed by atoms with Crippen molar-refractivity contribution in [1.82, 2.24) is 0 Å². The molecule has 100 valence electrons. The molecule has 0 N–H and O–H groups in total. The fourth-order valence-electron chi connectivity index (χ4n) is 1.86. The van der Waals surface area contributed by atoms with E-state index in [1.54, 1.807) is 36.4 Å². The molecule has 0 aliphatic heterocycles. The molecule has 0 spiro atoms. The van der Waals surface area contributed by atoms with Gasteiger partial charge in [-0.05, 0) is 48.4 Å². The summed E-state index contributed by atoms with van der Waals surface area (Å²) in [5, 5.41) is 8.70.